The van der Waals surface area contributed by atoms with Crippen LogP contribution >= 0.6 is 11.3 Å². The van der Waals surface area contributed by atoms with Crippen molar-refractivity contribution < 1.29 is 9.59 Å². The van der Waals surface area contributed by atoms with Crippen molar-refractivity contribution in [3.63, 3.8) is 0 Å². The standard InChI is InChI=1S/C21H28N4O3S/c1-12-7-8-14-16(9-12)29-19-18(14)20(27)25(11-22-19)10-17(26)24-21(28)23-15-6-4-3-5-13(15)2/h11-13,15H,3-10H2,1-2H3,(H2,23,24,26,28)/t12-,13-,15-/m0/s1. The maximum atomic E-state index is 13.0. The third kappa shape index (κ3) is 4.22. The van der Waals surface area contributed by atoms with Crippen LogP contribution in [0, 0.1) is 11.8 Å². The first kappa shape index (κ1) is 20.1. The number of rotatable bonds is 3. The van der Waals surface area contributed by atoms with E-state index in [0.717, 1.165) is 48.9 Å². The lowest BCUT2D eigenvalue weighted by molar-refractivity contribution is -0.120. The summed E-state index contributed by atoms with van der Waals surface area (Å²) in [5.41, 5.74) is 0.901. The first-order chi connectivity index (χ1) is 13.9. The summed E-state index contributed by atoms with van der Waals surface area (Å²) in [5.74, 6) is 0.521. The van der Waals surface area contributed by atoms with Gasteiger partial charge in [0.05, 0.1) is 11.7 Å². The quantitative estimate of drug-likeness (QED) is 0.804. The molecule has 2 heterocycles. The topological polar surface area (TPSA) is 93.1 Å². The number of nitrogens with zero attached hydrogens (tertiary/aromatic N) is 2. The summed E-state index contributed by atoms with van der Waals surface area (Å²) in [5, 5.41) is 5.90. The maximum absolute atomic E-state index is 13.0. The average molecular weight is 417 g/mol. The predicted octanol–water partition coefficient (Wildman–Crippen LogP) is 2.99. The summed E-state index contributed by atoms with van der Waals surface area (Å²) < 4.78 is 1.30. The van der Waals surface area contributed by atoms with E-state index in [1.165, 1.54) is 22.2 Å². The van der Waals surface area contributed by atoms with E-state index in [-0.39, 0.29) is 18.1 Å². The second-order valence-corrected chi connectivity index (χ2v) is 9.68. The molecule has 29 heavy (non-hydrogen) atoms. The van der Waals surface area contributed by atoms with Crippen LogP contribution < -0.4 is 16.2 Å². The largest absolute Gasteiger partial charge is 0.335 e. The fourth-order valence-corrected chi connectivity index (χ4v) is 5.88. The van der Waals surface area contributed by atoms with E-state index in [1.54, 1.807) is 11.3 Å². The number of nitrogens with one attached hydrogen (secondary N) is 2. The van der Waals surface area contributed by atoms with Crippen molar-refractivity contribution in [2.75, 3.05) is 0 Å². The van der Waals surface area contributed by atoms with Gasteiger partial charge in [-0.3, -0.25) is 19.5 Å². The normalized spacial score (nSPS) is 24.1. The highest BCUT2D eigenvalue weighted by Crippen LogP contribution is 2.35. The van der Waals surface area contributed by atoms with Gasteiger partial charge in [0.25, 0.3) is 5.56 Å². The smallest absolute Gasteiger partial charge is 0.321 e. The zero-order valence-electron chi connectivity index (χ0n) is 17.0. The van der Waals surface area contributed by atoms with Gasteiger partial charge in [-0.1, -0.05) is 26.7 Å². The van der Waals surface area contributed by atoms with Gasteiger partial charge in [-0.25, -0.2) is 9.78 Å². The second-order valence-electron chi connectivity index (χ2n) is 8.60. The van der Waals surface area contributed by atoms with Gasteiger partial charge in [0.2, 0.25) is 5.91 Å². The van der Waals surface area contributed by atoms with Crippen LogP contribution in [0.3, 0.4) is 0 Å². The first-order valence-corrected chi connectivity index (χ1v) is 11.3. The monoisotopic (exact) mass is 416 g/mol. The van der Waals surface area contributed by atoms with Gasteiger partial charge in [-0.15, -0.1) is 11.3 Å². The molecule has 0 aromatic carbocycles. The first-order valence-electron chi connectivity index (χ1n) is 10.5. The lowest BCUT2D eigenvalue weighted by Gasteiger charge is -2.29. The Hall–Kier alpha value is -2.22. The van der Waals surface area contributed by atoms with Gasteiger partial charge in [0, 0.05) is 10.9 Å². The molecule has 3 atom stereocenters. The summed E-state index contributed by atoms with van der Waals surface area (Å²) in [6, 6.07) is -0.394. The van der Waals surface area contributed by atoms with Crippen LogP contribution in [0.2, 0.25) is 0 Å². The average Bonchev–Trinajstić information content (AvgIpc) is 3.04. The Morgan fingerprint density at radius 3 is 2.83 bits per heavy atom. The maximum Gasteiger partial charge on any atom is 0.321 e. The molecule has 3 amide bonds. The minimum Gasteiger partial charge on any atom is -0.335 e. The van der Waals surface area contributed by atoms with Crippen LogP contribution in [0.25, 0.3) is 10.2 Å². The van der Waals surface area contributed by atoms with E-state index in [9.17, 15) is 14.4 Å². The third-order valence-corrected chi connectivity index (χ3v) is 7.44. The molecule has 0 aliphatic heterocycles. The Labute approximate surface area is 173 Å². The van der Waals surface area contributed by atoms with Crippen LogP contribution in [0.15, 0.2) is 11.1 Å². The van der Waals surface area contributed by atoms with E-state index in [1.807, 2.05) is 0 Å². The Bertz CT molecular complexity index is 996. The van der Waals surface area contributed by atoms with Crippen molar-refractivity contribution >= 4 is 33.5 Å². The van der Waals surface area contributed by atoms with E-state index in [2.05, 4.69) is 29.5 Å². The SMILES string of the molecule is C[C@H]1CCc2c(sc3ncn(CC(=O)NC(=O)N[C@H]4CCCC[C@@H]4C)c(=O)c23)C1. The molecule has 0 unspecified atom stereocenters. The van der Waals surface area contributed by atoms with Crippen molar-refractivity contribution in [1.29, 1.82) is 0 Å². The van der Waals surface area contributed by atoms with Crippen molar-refractivity contribution in [2.45, 2.75) is 71.4 Å². The number of fused-ring (bicyclic) bond motifs is 3. The summed E-state index contributed by atoms with van der Waals surface area (Å²) in [4.78, 5) is 43.9. The molecule has 4 rings (SSSR count). The third-order valence-electron chi connectivity index (χ3n) is 6.28. The number of carbonyl (C=O) groups excluding carboxylic acids is 2. The Balaban J connectivity index is 1.45. The number of amides is 3. The molecular formula is C21H28N4O3S. The Morgan fingerprint density at radius 2 is 2.03 bits per heavy atom. The van der Waals surface area contributed by atoms with Crippen LogP contribution in [-0.4, -0.2) is 27.5 Å². The van der Waals surface area contributed by atoms with Gasteiger partial charge in [-0.05, 0) is 49.5 Å². The molecule has 2 N–H and O–H groups in total. The van der Waals surface area contributed by atoms with Crippen molar-refractivity contribution in [1.82, 2.24) is 20.2 Å². The highest BCUT2D eigenvalue weighted by atomic mass is 32.1. The molecule has 2 aromatic rings. The molecule has 2 aliphatic carbocycles. The molecule has 2 aliphatic rings. The highest BCUT2D eigenvalue weighted by molar-refractivity contribution is 7.18. The van der Waals surface area contributed by atoms with Gasteiger partial charge >= 0.3 is 6.03 Å². The number of thiophene rings is 1. The Kier molecular flexibility index (Phi) is 5.72. The van der Waals surface area contributed by atoms with E-state index in [0.29, 0.717) is 17.2 Å². The highest BCUT2D eigenvalue weighted by Gasteiger charge is 2.25. The van der Waals surface area contributed by atoms with Gasteiger partial charge < -0.3 is 5.32 Å². The number of aromatic nitrogens is 2. The molecule has 2 aromatic heterocycles. The zero-order chi connectivity index (χ0) is 20.5. The molecule has 1 saturated carbocycles. The fourth-order valence-electron chi connectivity index (χ4n) is 4.53. The number of hydrogen-bond acceptors (Lipinski definition) is 5. The van der Waals surface area contributed by atoms with Crippen molar-refractivity contribution in [2.24, 2.45) is 11.8 Å². The van der Waals surface area contributed by atoms with E-state index in [4.69, 9.17) is 0 Å². The second kappa shape index (κ2) is 8.26. The zero-order valence-corrected chi connectivity index (χ0v) is 17.8. The number of urea groups is 1. The molecule has 156 valence electrons. The minimum absolute atomic E-state index is 0.0945. The lowest BCUT2D eigenvalue weighted by Crippen LogP contribution is -2.48. The predicted molar refractivity (Wildman–Crippen MR) is 113 cm³/mol. The summed E-state index contributed by atoms with van der Waals surface area (Å²) in [6.45, 7) is 4.13. The van der Waals surface area contributed by atoms with Crippen LogP contribution in [0.4, 0.5) is 4.79 Å². The van der Waals surface area contributed by atoms with Crippen molar-refractivity contribution in [3.8, 4) is 0 Å². The minimum atomic E-state index is -0.507. The molecular weight excluding hydrogens is 388 g/mol. The van der Waals surface area contributed by atoms with Crippen LogP contribution in [0.5, 0.6) is 0 Å². The van der Waals surface area contributed by atoms with Crippen LogP contribution in [-0.2, 0) is 24.2 Å². The van der Waals surface area contributed by atoms with Crippen LogP contribution in [0.1, 0.15) is 56.4 Å². The number of aryl methyl sites for hydroxylation is 1. The van der Waals surface area contributed by atoms with E-state index < -0.39 is 11.9 Å². The number of hydrogen-bond donors (Lipinski definition) is 2. The van der Waals surface area contributed by atoms with Gasteiger partial charge in [0.15, 0.2) is 0 Å². The summed E-state index contributed by atoms with van der Waals surface area (Å²) in [6.07, 6.45) is 8.64. The Morgan fingerprint density at radius 1 is 1.24 bits per heavy atom. The lowest BCUT2D eigenvalue weighted by atomic mass is 9.86. The molecule has 0 spiro atoms. The molecule has 8 heteroatoms. The van der Waals surface area contributed by atoms with Crippen molar-refractivity contribution in [3.05, 3.63) is 27.1 Å². The molecule has 7 nitrogen and oxygen atoms in total. The molecule has 0 saturated heterocycles. The molecule has 0 bridgehead atoms. The fraction of sp³-hybridized carbons (Fsp3) is 0.619. The number of imide groups is 1. The van der Waals surface area contributed by atoms with Gasteiger partial charge in [0.1, 0.15) is 11.4 Å². The number of carbonyl (C=O) groups is 2. The van der Waals surface area contributed by atoms with Gasteiger partial charge in [-0.2, -0.15) is 0 Å². The molecule has 0 radical (unpaired) electrons. The summed E-state index contributed by atoms with van der Waals surface area (Å²) in [7, 11) is 0. The summed E-state index contributed by atoms with van der Waals surface area (Å²) >= 11 is 1.59. The molecule has 1 fully saturated rings. The van der Waals surface area contributed by atoms with E-state index >= 15 is 0 Å².